The van der Waals surface area contributed by atoms with E-state index >= 15 is 0 Å². The van der Waals surface area contributed by atoms with Crippen molar-refractivity contribution in [3.8, 4) is 5.69 Å². The van der Waals surface area contributed by atoms with Gasteiger partial charge in [0.25, 0.3) is 0 Å². The molecule has 0 saturated heterocycles. The summed E-state index contributed by atoms with van der Waals surface area (Å²) in [5.41, 5.74) is 2.05. The highest BCUT2D eigenvalue weighted by molar-refractivity contribution is 7.98. The molecule has 0 bridgehead atoms. The average Bonchev–Trinajstić information content (AvgIpc) is 3.13. The van der Waals surface area contributed by atoms with E-state index in [0.717, 1.165) is 16.6 Å². The SMILES string of the molecule is CCOC(=O)c1cnc(SC)nc1Nc1nn(-c2ccncc2)c2ccccc12. The molecule has 0 fully saturated rings. The molecule has 0 aliphatic rings. The Kier molecular flexibility index (Phi) is 5.39. The number of nitrogens with one attached hydrogen (secondary N) is 1. The maximum absolute atomic E-state index is 12.4. The number of hydrogen-bond acceptors (Lipinski definition) is 8. The first-order valence-electron chi connectivity index (χ1n) is 8.94. The quantitative estimate of drug-likeness (QED) is 0.293. The Morgan fingerprint density at radius 1 is 1.17 bits per heavy atom. The molecule has 0 atom stereocenters. The van der Waals surface area contributed by atoms with Crippen molar-refractivity contribution in [1.29, 1.82) is 0 Å². The van der Waals surface area contributed by atoms with Crippen molar-refractivity contribution in [2.75, 3.05) is 18.2 Å². The Hall–Kier alpha value is -3.46. The number of benzene rings is 1. The normalized spacial score (nSPS) is 10.8. The molecular weight excluding hydrogens is 388 g/mol. The van der Waals surface area contributed by atoms with Crippen LogP contribution in [0.1, 0.15) is 17.3 Å². The van der Waals surface area contributed by atoms with E-state index in [-0.39, 0.29) is 12.2 Å². The van der Waals surface area contributed by atoms with Crippen LogP contribution in [0.3, 0.4) is 0 Å². The summed E-state index contributed by atoms with van der Waals surface area (Å²) in [5.74, 6) is 0.446. The van der Waals surface area contributed by atoms with E-state index in [9.17, 15) is 4.79 Å². The minimum atomic E-state index is -0.486. The van der Waals surface area contributed by atoms with Gasteiger partial charge in [0.05, 0.1) is 17.8 Å². The number of carbonyl (C=O) groups is 1. The fourth-order valence-corrected chi connectivity index (χ4v) is 3.21. The van der Waals surface area contributed by atoms with Crippen molar-refractivity contribution in [2.45, 2.75) is 12.1 Å². The van der Waals surface area contributed by atoms with Gasteiger partial charge in [-0.2, -0.15) is 0 Å². The Morgan fingerprint density at radius 2 is 1.97 bits per heavy atom. The molecule has 4 aromatic rings. The van der Waals surface area contributed by atoms with E-state index in [1.54, 1.807) is 19.3 Å². The molecule has 146 valence electrons. The first-order valence-corrected chi connectivity index (χ1v) is 10.2. The van der Waals surface area contributed by atoms with E-state index in [2.05, 4.69) is 20.3 Å². The molecule has 4 rings (SSSR count). The third kappa shape index (κ3) is 3.77. The van der Waals surface area contributed by atoms with Gasteiger partial charge in [0.2, 0.25) is 0 Å². The number of para-hydroxylation sites is 1. The minimum absolute atomic E-state index is 0.257. The summed E-state index contributed by atoms with van der Waals surface area (Å²) < 4.78 is 6.96. The number of anilines is 2. The predicted molar refractivity (Wildman–Crippen MR) is 112 cm³/mol. The topological polar surface area (TPSA) is 94.8 Å². The van der Waals surface area contributed by atoms with Gasteiger partial charge < -0.3 is 10.1 Å². The van der Waals surface area contributed by atoms with E-state index in [4.69, 9.17) is 9.84 Å². The zero-order valence-corrected chi connectivity index (χ0v) is 16.7. The highest BCUT2D eigenvalue weighted by atomic mass is 32.2. The van der Waals surface area contributed by atoms with Gasteiger partial charge >= 0.3 is 5.97 Å². The minimum Gasteiger partial charge on any atom is -0.462 e. The molecule has 0 aliphatic heterocycles. The molecule has 0 radical (unpaired) electrons. The predicted octanol–water partition coefficient (Wildman–Crippen LogP) is 3.85. The molecule has 3 aromatic heterocycles. The van der Waals surface area contributed by atoms with Crippen LogP contribution in [0.15, 0.2) is 60.1 Å². The number of nitrogens with zero attached hydrogens (tertiary/aromatic N) is 5. The molecule has 1 aromatic carbocycles. The molecule has 29 heavy (non-hydrogen) atoms. The number of carbonyl (C=O) groups excluding carboxylic acids is 1. The Morgan fingerprint density at radius 3 is 2.72 bits per heavy atom. The second kappa shape index (κ2) is 8.27. The van der Waals surface area contributed by atoms with E-state index in [1.807, 2.05) is 47.3 Å². The molecule has 8 nitrogen and oxygen atoms in total. The van der Waals surface area contributed by atoms with Crippen LogP contribution in [0, 0.1) is 0 Å². The van der Waals surface area contributed by atoms with Crippen molar-refractivity contribution < 1.29 is 9.53 Å². The van der Waals surface area contributed by atoms with Crippen molar-refractivity contribution in [2.24, 2.45) is 0 Å². The lowest BCUT2D eigenvalue weighted by atomic mass is 10.2. The van der Waals surface area contributed by atoms with Crippen molar-refractivity contribution >= 4 is 40.3 Å². The Bertz CT molecular complexity index is 1160. The number of esters is 1. The van der Waals surface area contributed by atoms with Crippen LogP contribution in [-0.4, -0.2) is 43.6 Å². The summed E-state index contributed by atoms with van der Waals surface area (Å²) in [6.45, 7) is 2.02. The number of ether oxygens (including phenoxy) is 1. The molecule has 0 aliphatic carbocycles. The fraction of sp³-hybridized carbons (Fsp3) is 0.150. The number of rotatable bonds is 6. The maximum Gasteiger partial charge on any atom is 0.343 e. The molecule has 3 heterocycles. The van der Waals surface area contributed by atoms with Gasteiger partial charge in [0, 0.05) is 24.0 Å². The lowest BCUT2D eigenvalue weighted by molar-refractivity contribution is 0.0526. The summed E-state index contributed by atoms with van der Waals surface area (Å²) in [6, 6.07) is 11.6. The molecule has 1 N–H and O–H groups in total. The highest BCUT2D eigenvalue weighted by Gasteiger charge is 2.19. The van der Waals surface area contributed by atoms with Crippen LogP contribution in [0.5, 0.6) is 0 Å². The summed E-state index contributed by atoms with van der Waals surface area (Å²) in [4.78, 5) is 25.1. The van der Waals surface area contributed by atoms with Gasteiger partial charge in [0.1, 0.15) is 5.56 Å². The van der Waals surface area contributed by atoms with Crippen molar-refractivity contribution in [1.82, 2.24) is 24.7 Å². The van der Waals surface area contributed by atoms with Crippen LogP contribution < -0.4 is 5.32 Å². The summed E-state index contributed by atoms with van der Waals surface area (Å²) >= 11 is 1.39. The van der Waals surface area contributed by atoms with E-state index in [0.29, 0.717) is 16.8 Å². The monoisotopic (exact) mass is 406 g/mol. The second-order valence-electron chi connectivity index (χ2n) is 5.95. The molecule has 0 unspecified atom stereocenters. The fourth-order valence-electron chi connectivity index (χ4n) is 2.87. The highest BCUT2D eigenvalue weighted by Crippen LogP contribution is 2.29. The zero-order valence-electron chi connectivity index (χ0n) is 15.9. The van der Waals surface area contributed by atoms with Crippen LogP contribution >= 0.6 is 11.8 Å². The van der Waals surface area contributed by atoms with Gasteiger partial charge in [-0.25, -0.2) is 19.4 Å². The van der Waals surface area contributed by atoms with Crippen molar-refractivity contribution in [3.05, 3.63) is 60.6 Å². The average molecular weight is 406 g/mol. The van der Waals surface area contributed by atoms with Crippen LogP contribution in [0.25, 0.3) is 16.6 Å². The lowest BCUT2D eigenvalue weighted by Crippen LogP contribution is -2.11. The first-order chi connectivity index (χ1) is 14.2. The molecule has 0 spiro atoms. The zero-order chi connectivity index (χ0) is 20.2. The first kappa shape index (κ1) is 18.9. The molecule has 0 saturated carbocycles. The van der Waals surface area contributed by atoms with Crippen molar-refractivity contribution in [3.63, 3.8) is 0 Å². The number of pyridine rings is 1. The standard InChI is InChI=1S/C20H18N6O2S/c1-3-28-19(27)15-12-22-20(29-2)24-17(15)23-18-14-6-4-5-7-16(14)26(25-18)13-8-10-21-11-9-13/h4-12H,3H2,1-2H3,(H,22,23,24,25). The van der Waals surface area contributed by atoms with Crippen LogP contribution in [0.4, 0.5) is 11.6 Å². The van der Waals surface area contributed by atoms with Crippen LogP contribution in [0.2, 0.25) is 0 Å². The second-order valence-corrected chi connectivity index (χ2v) is 6.72. The van der Waals surface area contributed by atoms with Gasteiger partial charge in [-0.3, -0.25) is 4.98 Å². The molecule has 0 amide bonds. The van der Waals surface area contributed by atoms with Gasteiger partial charge in [-0.15, -0.1) is 5.10 Å². The Labute approximate surface area is 171 Å². The number of fused-ring (bicyclic) bond motifs is 1. The van der Waals surface area contributed by atoms with Gasteiger partial charge in [0.15, 0.2) is 16.8 Å². The van der Waals surface area contributed by atoms with Gasteiger partial charge in [-0.1, -0.05) is 23.9 Å². The summed E-state index contributed by atoms with van der Waals surface area (Å²) in [5, 5.41) is 9.35. The third-order valence-corrected chi connectivity index (χ3v) is 4.74. The smallest absolute Gasteiger partial charge is 0.343 e. The maximum atomic E-state index is 12.4. The number of aromatic nitrogens is 5. The number of thioether (sulfide) groups is 1. The number of hydrogen-bond donors (Lipinski definition) is 1. The molecular formula is C20H18N6O2S. The summed E-state index contributed by atoms with van der Waals surface area (Å²) in [6.07, 6.45) is 6.78. The molecule has 9 heteroatoms. The van der Waals surface area contributed by atoms with E-state index < -0.39 is 5.97 Å². The lowest BCUT2D eigenvalue weighted by Gasteiger charge is -2.09. The van der Waals surface area contributed by atoms with E-state index in [1.165, 1.54) is 18.0 Å². The largest absolute Gasteiger partial charge is 0.462 e. The van der Waals surface area contributed by atoms with Gasteiger partial charge in [-0.05, 0) is 37.4 Å². The Balaban J connectivity index is 1.82. The third-order valence-electron chi connectivity index (χ3n) is 4.18. The summed E-state index contributed by atoms with van der Waals surface area (Å²) in [7, 11) is 0. The van der Waals surface area contributed by atoms with Crippen LogP contribution in [-0.2, 0) is 4.74 Å².